The van der Waals surface area contributed by atoms with Gasteiger partial charge in [0.2, 0.25) is 0 Å². The molecule has 0 aliphatic rings. The van der Waals surface area contributed by atoms with Gasteiger partial charge in [0.15, 0.2) is 17.3 Å². The Kier molecular flexibility index (Phi) is 7.98. The topological polar surface area (TPSA) is 84.1 Å². The van der Waals surface area contributed by atoms with Crippen molar-refractivity contribution in [1.29, 1.82) is 0 Å². The average Bonchev–Trinajstić information content (AvgIpc) is 3.01. The maximum Gasteiger partial charge on any atom is 0.416 e. The van der Waals surface area contributed by atoms with Gasteiger partial charge in [-0.3, -0.25) is 19.2 Å². The van der Waals surface area contributed by atoms with Crippen molar-refractivity contribution >= 4 is 17.3 Å². The molecular weight excluding hydrogens is 562 g/mol. The highest BCUT2D eigenvalue weighted by Crippen LogP contribution is 2.36. The summed E-state index contributed by atoms with van der Waals surface area (Å²) in [5.74, 6) is -2.74. The molecule has 1 aromatic heterocycles. The zero-order valence-corrected chi connectivity index (χ0v) is 22.2. The molecule has 5 aromatic rings. The van der Waals surface area contributed by atoms with E-state index in [0.717, 1.165) is 36.4 Å². The van der Waals surface area contributed by atoms with Crippen molar-refractivity contribution in [2.24, 2.45) is 0 Å². The van der Waals surface area contributed by atoms with Crippen LogP contribution in [0.1, 0.15) is 48.6 Å². The van der Waals surface area contributed by atoms with Crippen molar-refractivity contribution in [1.82, 2.24) is 4.98 Å². The van der Waals surface area contributed by atoms with E-state index in [1.807, 2.05) is 0 Å². The van der Waals surface area contributed by atoms with Crippen LogP contribution in [-0.2, 0) is 6.18 Å². The van der Waals surface area contributed by atoms with E-state index >= 15 is 0 Å². The minimum absolute atomic E-state index is 0.0369. The highest BCUT2D eigenvalue weighted by molar-refractivity contribution is 6.21. The monoisotopic (exact) mass is 583 g/mol. The van der Waals surface area contributed by atoms with Gasteiger partial charge in [0.25, 0.3) is 5.56 Å². The van der Waals surface area contributed by atoms with E-state index in [9.17, 15) is 36.7 Å². The molecule has 4 aromatic carbocycles. The number of pyridine rings is 1. The predicted molar refractivity (Wildman–Crippen MR) is 152 cm³/mol. The SMILES string of the molecule is O=C(CC(=O)c1c(-c2ccc(C(F)(F)F)cc2)[nH]c(=O)c(C(=O)c2ccc(F)cc2)c1-c1ccccc1)c1ccccc1. The van der Waals surface area contributed by atoms with Crippen molar-refractivity contribution in [2.75, 3.05) is 0 Å². The Labute approximate surface area is 242 Å². The summed E-state index contributed by atoms with van der Waals surface area (Å²) >= 11 is 0. The number of carbonyl (C=O) groups excluding carboxylic acids is 3. The van der Waals surface area contributed by atoms with Gasteiger partial charge in [-0.15, -0.1) is 0 Å². The molecule has 0 spiro atoms. The van der Waals surface area contributed by atoms with Gasteiger partial charge < -0.3 is 4.98 Å². The van der Waals surface area contributed by atoms with Crippen LogP contribution in [0.3, 0.4) is 0 Å². The largest absolute Gasteiger partial charge is 0.416 e. The van der Waals surface area contributed by atoms with Crippen LogP contribution in [0.15, 0.2) is 114 Å². The number of carbonyl (C=O) groups is 3. The number of nitrogens with one attached hydrogen (secondary N) is 1. The van der Waals surface area contributed by atoms with Crippen LogP contribution in [0.2, 0.25) is 0 Å². The van der Waals surface area contributed by atoms with Gasteiger partial charge in [0, 0.05) is 16.7 Å². The standard InChI is InChI=1S/C34H21F4NO4/c35-25-17-13-23(14-18-25)32(42)30-28(21-9-5-2-6-10-21)29(27(41)19-26(40)20-7-3-1-4-8-20)31(39-33(30)43)22-11-15-24(16-12-22)34(36,37)38/h1-18H,19H2,(H,39,43). The fourth-order valence-corrected chi connectivity index (χ4v) is 4.74. The molecule has 1 N–H and O–H groups in total. The third kappa shape index (κ3) is 6.11. The maximum absolute atomic E-state index is 14.0. The molecule has 0 saturated heterocycles. The maximum atomic E-state index is 14.0. The first-order valence-electron chi connectivity index (χ1n) is 13.0. The second-order valence-corrected chi connectivity index (χ2v) is 9.62. The number of alkyl halides is 3. The van der Waals surface area contributed by atoms with Crippen LogP contribution >= 0.6 is 0 Å². The van der Waals surface area contributed by atoms with Crippen LogP contribution in [0, 0.1) is 5.82 Å². The number of benzene rings is 4. The molecule has 9 heteroatoms. The molecule has 0 bridgehead atoms. The Bertz CT molecular complexity index is 1880. The number of hydrogen-bond acceptors (Lipinski definition) is 4. The molecule has 0 unspecified atom stereocenters. The Morgan fingerprint density at radius 2 is 1.21 bits per heavy atom. The minimum atomic E-state index is -4.63. The number of aromatic amines is 1. The molecule has 5 nitrogen and oxygen atoms in total. The first-order chi connectivity index (χ1) is 20.5. The predicted octanol–water partition coefficient (Wildman–Crippen LogP) is 7.55. The Hall–Kier alpha value is -5.44. The molecular formula is C34H21F4NO4. The van der Waals surface area contributed by atoms with Crippen molar-refractivity contribution in [2.45, 2.75) is 12.6 Å². The van der Waals surface area contributed by atoms with Crippen LogP contribution in [0.4, 0.5) is 17.6 Å². The lowest BCUT2D eigenvalue weighted by Gasteiger charge is -2.18. The molecule has 43 heavy (non-hydrogen) atoms. The van der Waals surface area contributed by atoms with E-state index in [-0.39, 0.29) is 39.1 Å². The van der Waals surface area contributed by atoms with Crippen LogP contribution in [-0.4, -0.2) is 22.3 Å². The fourth-order valence-electron chi connectivity index (χ4n) is 4.74. The quantitative estimate of drug-likeness (QED) is 0.116. The van der Waals surface area contributed by atoms with Crippen LogP contribution in [0.25, 0.3) is 22.4 Å². The number of H-pyrrole nitrogens is 1. The Morgan fingerprint density at radius 1 is 0.628 bits per heavy atom. The Morgan fingerprint density at radius 3 is 1.79 bits per heavy atom. The molecule has 0 aliphatic heterocycles. The van der Waals surface area contributed by atoms with Gasteiger partial charge in [0.05, 0.1) is 28.8 Å². The fraction of sp³-hybridized carbons (Fsp3) is 0.0588. The summed E-state index contributed by atoms with van der Waals surface area (Å²) in [5, 5.41) is 0. The smallest absolute Gasteiger partial charge is 0.321 e. The molecule has 0 radical (unpaired) electrons. The Balaban J connectivity index is 1.79. The number of aromatic nitrogens is 1. The number of ketones is 3. The summed E-state index contributed by atoms with van der Waals surface area (Å²) < 4.78 is 53.5. The first kappa shape index (κ1) is 29.1. The second-order valence-electron chi connectivity index (χ2n) is 9.62. The van der Waals surface area contributed by atoms with E-state index in [1.54, 1.807) is 48.5 Å². The van der Waals surface area contributed by atoms with Crippen molar-refractivity contribution in [3.63, 3.8) is 0 Å². The summed E-state index contributed by atoms with van der Waals surface area (Å²) in [6.07, 6.45) is -5.29. The van der Waals surface area contributed by atoms with Gasteiger partial charge in [-0.2, -0.15) is 13.2 Å². The van der Waals surface area contributed by atoms with E-state index < -0.39 is 52.5 Å². The second kappa shape index (κ2) is 11.8. The van der Waals surface area contributed by atoms with Gasteiger partial charge in [-0.05, 0) is 47.5 Å². The van der Waals surface area contributed by atoms with E-state index in [1.165, 1.54) is 24.3 Å². The molecule has 214 valence electrons. The average molecular weight is 584 g/mol. The summed E-state index contributed by atoms with van der Waals surface area (Å²) in [6, 6.07) is 24.3. The number of halogens is 4. The molecule has 0 aliphatic carbocycles. The summed E-state index contributed by atoms with van der Waals surface area (Å²) in [4.78, 5) is 57.0. The molecule has 0 saturated carbocycles. The molecule has 5 rings (SSSR count). The third-order valence-electron chi connectivity index (χ3n) is 6.81. The third-order valence-corrected chi connectivity index (χ3v) is 6.81. The van der Waals surface area contributed by atoms with Gasteiger partial charge >= 0.3 is 6.18 Å². The van der Waals surface area contributed by atoms with Crippen molar-refractivity contribution in [3.05, 3.63) is 153 Å². The lowest BCUT2D eigenvalue weighted by atomic mass is 9.85. The minimum Gasteiger partial charge on any atom is -0.321 e. The van der Waals surface area contributed by atoms with Crippen LogP contribution in [0.5, 0.6) is 0 Å². The van der Waals surface area contributed by atoms with Gasteiger partial charge in [-0.1, -0.05) is 72.8 Å². The number of Topliss-reactive ketones (excluding diaryl/α,β-unsaturated/α-hetero) is 2. The first-order valence-corrected chi connectivity index (χ1v) is 13.0. The lowest BCUT2D eigenvalue weighted by molar-refractivity contribution is -0.137. The molecule has 1 heterocycles. The highest BCUT2D eigenvalue weighted by Gasteiger charge is 2.32. The zero-order chi connectivity index (χ0) is 30.7. The summed E-state index contributed by atoms with van der Waals surface area (Å²) in [7, 11) is 0. The van der Waals surface area contributed by atoms with E-state index in [2.05, 4.69) is 4.98 Å². The zero-order valence-electron chi connectivity index (χ0n) is 22.2. The lowest BCUT2D eigenvalue weighted by Crippen LogP contribution is -2.25. The molecule has 0 atom stereocenters. The van der Waals surface area contributed by atoms with Crippen molar-refractivity contribution in [3.8, 4) is 22.4 Å². The summed E-state index contributed by atoms with van der Waals surface area (Å²) in [6.45, 7) is 0. The van der Waals surface area contributed by atoms with Gasteiger partial charge in [-0.25, -0.2) is 4.39 Å². The normalized spacial score (nSPS) is 11.3. The number of hydrogen-bond donors (Lipinski definition) is 1. The highest BCUT2D eigenvalue weighted by atomic mass is 19.4. The van der Waals surface area contributed by atoms with Gasteiger partial charge in [0.1, 0.15) is 5.82 Å². The molecule has 0 fully saturated rings. The van der Waals surface area contributed by atoms with Crippen molar-refractivity contribution < 1.29 is 31.9 Å². The van der Waals surface area contributed by atoms with E-state index in [0.29, 0.717) is 0 Å². The van der Waals surface area contributed by atoms with Crippen LogP contribution < -0.4 is 5.56 Å². The van der Waals surface area contributed by atoms with E-state index in [4.69, 9.17) is 0 Å². The summed E-state index contributed by atoms with van der Waals surface area (Å²) in [5.41, 5.74) is -2.24. The number of rotatable bonds is 8. The molecule has 0 amide bonds.